The summed E-state index contributed by atoms with van der Waals surface area (Å²) in [5.41, 5.74) is 4.56. The molecule has 0 radical (unpaired) electrons. The molecule has 2 aromatic carbocycles. The summed E-state index contributed by atoms with van der Waals surface area (Å²) in [6, 6.07) is 18.4. The number of aryl methyl sites for hydroxylation is 1. The van der Waals surface area contributed by atoms with Crippen LogP contribution in [0.4, 0.5) is 4.39 Å². The van der Waals surface area contributed by atoms with Crippen molar-refractivity contribution < 1.29 is 4.39 Å². The van der Waals surface area contributed by atoms with Crippen molar-refractivity contribution in [3.8, 4) is 16.9 Å². The van der Waals surface area contributed by atoms with Crippen LogP contribution in [0.25, 0.3) is 28.0 Å². The number of hydrogen-bond acceptors (Lipinski definition) is 2. The second kappa shape index (κ2) is 5.32. The maximum Gasteiger partial charge on any atom is 0.123 e. The highest BCUT2D eigenvalue weighted by molar-refractivity contribution is 5.81. The van der Waals surface area contributed by atoms with Gasteiger partial charge in [0.1, 0.15) is 11.6 Å². The standard InChI is InChI=1S/C19H14FN3/c1-13-22-18-11-17(14-7-9-15(20)10-8-14)21-12-19(18)23(13)16-5-3-2-4-6-16/h2-12H,1H3. The van der Waals surface area contributed by atoms with Gasteiger partial charge in [0.25, 0.3) is 0 Å². The van der Waals surface area contributed by atoms with Crippen LogP contribution in [-0.4, -0.2) is 14.5 Å². The van der Waals surface area contributed by atoms with Gasteiger partial charge in [0, 0.05) is 11.3 Å². The van der Waals surface area contributed by atoms with Crippen molar-refractivity contribution in [1.82, 2.24) is 14.5 Å². The van der Waals surface area contributed by atoms with Gasteiger partial charge in [-0.15, -0.1) is 0 Å². The number of para-hydroxylation sites is 1. The van der Waals surface area contributed by atoms with Crippen LogP contribution in [-0.2, 0) is 0 Å². The van der Waals surface area contributed by atoms with Crippen molar-refractivity contribution in [3.05, 3.63) is 78.5 Å². The van der Waals surface area contributed by atoms with Crippen LogP contribution >= 0.6 is 0 Å². The lowest BCUT2D eigenvalue weighted by Gasteiger charge is -2.06. The molecule has 0 bridgehead atoms. The molecule has 0 aliphatic carbocycles. The third-order valence-electron chi connectivity index (χ3n) is 3.86. The van der Waals surface area contributed by atoms with Gasteiger partial charge in [-0.2, -0.15) is 0 Å². The first-order chi connectivity index (χ1) is 11.2. The molecule has 4 rings (SSSR count). The molecule has 112 valence electrons. The maximum atomic E-state index is 13.1. The van der Waals surface area contributed by atoms with E-state index in [2.05, 4.69) is 14.5 Å². The Balaban J connectivity index is 1.87. The Bertz CT molecular complexity index is 973. The summed E-state index contributed by atoms with van der Waals surface area (Å²) in [5.74, 6) is 0.656. The van der Waals surface area contributed by atoms with E-state index in [9.17, 15) is 4.39 Å². The first-order valence-electron chi connectivity index (χ1n) is 7.39. The van der Waals surface area contributed by atoms with E-state index in [1.807, 2.05) is 49.5 Å². The van der Waals surface area contributed by atoms with Crippen LogP contribution in [0.1, 0.15) is 5.82 Å². The molecule has 0 saturated carbocycles. The van der Waals surface area contributed by atoms with Gasteiger partial charge in [0.05, 0.1) is 22.9 Å². The third kappa shape index (κ3) is 2.38. The topological polar surface area (TPSA) is 30.7 Å². The Morgan fingerprint density at radius 1 is 0.957 bits per heavy atom. The van der Waals surface area contributed by atoms with Crippen molar-refractivity contribution in [2.45, 2.75) is 6.92 Å². The number of benzene rings is 2. The van der Waals surface area contributed by atoms with E-state index < -0.39 is 0 Å². The highest BCUT2D eigenvalue weighted by atomic mass is 19.1. The van der Waals surface area contributed by atoms with E-state index >= 15 is 0 Å². The van der Waals surface area contributed by atoms with Crippen LogP contribution in [0.5, 0.6) is 0 Å². The summed E-state index contributed by atoms with van der Waals surface area (Å²) in [4.78, 5) is 9.17. The highest BCUT2D eigenvalue weighted by Crippen LogP contribution is 2.25. The first kappa shape index (κ1) is 13.6. The van der Waals surface area contributed by atoms with Crippen molar-refractivity contribution in [3.63, 3.8) is 0 Å². The molecule has 0 N–H and O–H groups in total. The van der Waals surface area contributed by atoms with Gasteiger partial charge in [-0.3, -0.25) is 9.55 Å². The maximum absolute atomic E-state index is 13.1. The number of pyridine rings is 1. The molecule has 0 saturated heterocycles. The molecular formula is C19H14FN3. The Hall–Kier alpha value is -3.01. The first-order valence-corrected chi connectivity index (χ1v) is 7.39. The summed E-state index contributed by atoms with van der Waals surface area (Å²) < 4.78 is 15.1. The van der Waals surface area contributed by atoms with Crippen molar-refractivity contribution >= 4 is 11.0 Å². The normalized spacial score (nSPS) is 11.0. The second-order valence-corrected chi connectivity index (χ2v) is 5.40. The minimum atomic E-state index is -0.251. The van der Waals surface area contributed by atoms with E-state index in [0.29, 0.717) is 0 Å². The zero-order valence-corrected chi connectivity index (χ0v) is 12.6. The number of hydrogen-bond donors (Lipinski definition) is 0. The van der Waals surface area contributed by atoms with Crippen LogP contribution in [0.2, 0.25) is 0 Å². The Kier molecular flexibility index (Phi) is 3.15. The molecule has 4 heteroatoms. The number of halogens is 1. The SMILES string of the molecule is Cc1nc2cc(-c3ccc(F)cc3)ncc2n1-c1ccccc1. The molecule has 0 atom stereocenters. The van der Waals surface area contributed by atoms with Crippen LogP contribution in [0, 0.1) is 12.7 Å². The fourth-order valence-electron chi connectivity index (χ4n) is 2.78. The summed E-state index contributed by atoms with van der Waals surface area (Å²) >= 11 is 0. The van der Waals surface area contributed by atoms with Gasteiger partial charge in [-0.05, 0) is 49.4 Å². The number of nitrogens with zero attached hydrogens (tertiary/aromatic N) is 3. The molecule has 0 fully saturated rings. The average Bonchev–Trinajstić information content (AvgIpc) is 2.91. The van der Waals surface area contributed by atoms with Crippen molar-refractivity contribution in [2.24, 2.45) is 0 Å². The number of imidazole rings is 1. The van der Waals surface area contributed by atoms with Gasteiger partial charge >= 0.3 is 0 Å². The third-order valence-corrected chi connectivity index (χ3v) is 3.86. The lowest BCUT2D eigenvalue weighted by molar-refractivity contribution is 0.628. The minimum Gasteiger partial charge on any atom is -0.295 e. The van der Waals surface area contributed by atoms with Crippen molar-refractivity contribution in [1.29, 1.82) is 0 Å². The molecule has 0 unspecified atom stereocenters. The Labute approximate surface area is 133 Å². The van der Waals surface area contributed by atoms with Gasteiger partial charge in [0.15, 0.2) is 0 Å². The minimum absolute atomic E-state index is 0.251. The molecule has 4 aromatic rings. The van der Waals surface area contributed by atoms with E-state index in [4.69, 9.17) is 0 Å². The highest BCUT2D eigenvalue weighted by Gasteiger charge is 2.11. The van der Waals surface area contributed by atoms with E-state index in [1.165, 1.54) is 12.1 Å². The van der Waals surface area contributed by atoms with Crippen molar-refractivity contribution in [2.75, 3.05) is 0 Å². The summed E-state index contributed by atoms with van der Waals surface area (Å²) in [7, 11) is 0. The monoisotopic (exact) mass is 303 g/mol. The van der Waals surface area contributed by atoms with Crippen LogP contribution in [0.3, 0.4) is 0 Å². The predicted octanol–water partition coefficient (Wildman–Crippen LogP) is 4.54. The van der Waals surface area contributed by atoms with E-state index in [-0.39, 0.29) is 5.82 Å². The molecular weight excluding hydrogens is 289 g/mol. The lowest BCUT2D eigenvalue weighted by Crippen LogP contribution is -1.96. The second-order valence-electron chi connectivity index (χ2n) is 5.40. The zero-order chi connectivity index (χ0) is 15.8. The molecule has 0 aliphatic heterocycles. The lowest BCUT2D eigenvalue weighted by atomic mass is 10.1. The Morgan fingerprint density at radius 3 is 2.43 bits per heavy atom. The molecule has 0 aliphatic rings. The number of fused-ring (bicyclic) bond motifs is 1. The van der Waals surface area contributed by atoms with E-state index in [0.717, 1.165) is 33.8 Å². The van der Waals surface area contributed by atoms with Crippen LogP contribution in [0.15, 0.2) is 66.9 Å². The summed E-state index contributed by atoms with van der Waals surface area (Å²) in [6.07, 6.45) is 1.82. The average molecular weight is 303 g/mol. The largest absolute Gasteiger partial charge is 0.295 e. The molecule has 3 nitrogen and oxygen atoms in total. The zero-order valence-electron chi connectivity index (χ0n) is 12.6. The van der Waals surface area contributed by atoms with Gasteiger partial charge in [0.2, 0.25) is 0 Å². The molecule has 2 heterocycles. The summed E-state index contributed by atoms with van der Waals surface area (Å²) in [5, 5.41) is 0. The number of rotatable bonds is 2. The molecule has 0 amide bonds. The molecule has 0 spiro atoms. The summed E-state index contributed by atoms with van der Waals surface area (Å²) in [6.45, 7) is 1.98. The quantitative estimate of drug-likeness (QED) is 0.544. The van der Waals surface area contributed by atoms with E-state index in [1.54, 1.807) is 12.1 Å². The number of aromatic nitrogens is 3. The Morgan fingerprint density at radius 2 is 1.70 bits per heavy atom. The van der Waals surface area contributed by atoms with Gasteiger partial charge in [-0.25, -0.2) is 9.37 Å². The fraction of sp³-hybridized carbons (Fsp3) is 0.0526. The van der Waals surface area contributed by atoms with Gasteiger partial charge < -0.3 is 0 Å². The van der Waals surface area contributed by atoms with Crippen LogP contribution < -0.4 is 0 Å². The predicted molar refractivity (Wildman–Crippen MR) is 89.0 cm³/mol. The fourth-order valence-corrected chi connectivity index (χ4v) is 2.78. The molecule has 2 aromatic heterocycles. The molecule has 23 heavy (non-hydrogen) atoms. The van der Waals surface area contributed by atoms with Gasteiger partial charge in [-0.1, -0.05) is 18.2 Å². The smallest absolute Gasteiger partial charge is 0.123 e.